The van der Waals surface area contributed by atoms with E-state index in [9.17, 15) is 19.1 Å². The molecule has 0 spiro atoms. The first-order chi connectivity index (χ1) is 14.5. The zero-order valence-corrected chi connectivity index (χ0v) is 15.9. The monoisotopic (exact) mass is 404 g/mol. The van der Waals surface area contributed by atoms with Gasteiger partial charge in [0.1, 0.15) is 17.3 Å². The number of methoxy groups -OCH3 is 1. The molecule has 4 rings (SSSR count). The van der Waals surface area contributed by atoms with Gasteiger partial charge >= 0.3 is 0 Å². The quantitative estimate of drug-likeness (QED) is 0.406. The molecule has 1 unspecified atom stereocenters. The molecule has 3 aromatic rings. The largest absolute Gasteiger partial charge is 0.507 e. The number of aliphatic hydroxyl groups is 1. The molecular formula is C23H17FN2O4. The molecule has 6 nitrogen and oxygen atoms in total. The van der Waals surface area contributed by atoms with Crippen LogP contribution >= 0.6 is 0 Å². The number of anilines is 1. The van der Waals surface area contributed by atoms with Gasteiger partial charge in [-0.1, -0.05) is 24.3 Å². The highest BCUT2D eigenvalue weighted by Gasteiger charge is 2.47. The van der Waals surface area contributed by atoms with Gasteiger partial charge in [-0.3, -0.25) is 19.5 Å². The Morgan fingerprint density at radius 3 is 2.60 bits per heavy atom. The number of para-hydroxylation sites is 1. The number of aliphatic hydroxyl groups excluding tert-OH is 1. The van der Waals surface area contributed by atoms with Crippen molar-refractivity contribution in [3.63, 3.8) is 0 Å². The number of ether oxygens (including phenoxy) is 1. The van der Waals surface area contributed by atoms with Crippen molar-refractivity contribution in [3.05, 3.63) is 95.6 Å². The SMILES string of the molecule is COc1ccccc1/C(O)=C1\C(=O)C(=O)N(c2cccc(F)c2)C1c1cccnc1. The fourth-order valence-corrected chi connectivity index (χ4v) is 3.56. The van der Waals surface area contributed by atoms with E-state index in [1.807, 2.05) is 0 Å². The molecule has 2 heterocycles. The van der Waals surface area contributed by atoms with E-state index >= 15 is 0 Å². The highest BCUT2D eigenvalue weighted by Crippen LogP contribution is 2.43. The van der Waals surface area contributed by atoms with Crippen molar-refractivity contribution in [3.8, 4) is 5.75 Å². The van der Waals surface area contributed by atoms with Gasteiger partial charge in [-0.25, -0.2) is 4.39 Å². The summed E-state index contributed by atoms with van der Waals surface area (Å²) in [5.74, 6) is -2.33. The van der Waals surface area contributed by atoms with Crippen LogP contribution in [0.15, 0.2) is 78.6 Å². The third kappa shape index (κ3) is 3.20. The smallest absolute Gasteiger partial charge is 0.300 e. The highest BCUT2D eigenvalue weighted by atomic mass is 19.1. The second-order valence-corrected chi connectivity index (χ2v) is 6.64. The number of carbonyl (C=O) groups excluding carboxylic acids is 2. The number of ketones is 1. The molecule has 0 radical (unpaired) electrons. The van der Waals surface area contributed by atoms with E-state index in [4.69, 9.17) is 4.74 Å². The van der Waals surface area contributed by atoms with E-state index in [1.54, 1.807) is 42.6 Å². The number of pyridine rings is 1. The van der Waals surface area contributed by atoms with E-state index in [0.717, 1.165) is 6.07 Å². The molecular weight excluding hydrogens is 387 g/mol. The predicted octanol–water partition coefficient (Wildman–Crippen LogP) is 3.86. The van der Waals surface area contributed by atoms with E-state index in [0.29, 0.717) is 11.3 Å². The van der Waals surface area contributed by atoms with Crippen LogP contribution < -0.4 is 9.64 Å². The molecule has 150 valence electrons. The average molecular weight is 404 g/mol. The number of carbonyl (C=O) groups is 2. The van der Waals surface area contributed by atoms with Gasteiger partial charge in [-0.2, -0.15) is 0 Å². The molecule has 0 bridgehead atoms. The van der Waals surface area contributed by atoms with Gasteiger partial charge in [-0.05, 0) is 42.0 Å². The maximum Gasteiger partial charge on any atom is 0.300 e. The normalized spacial score (nSPS) is 17.9. The van der Waals surface area contributed by atoms with Crippen LogP contribution in [0.25, 0.3) is 5.76 Å². The maximum absolute atomic E-state index is 13.9. The van der Waals surface area contributed by atoms with Crippen LogP contribution in [-0.2, 0) is 9.59 Å². The van der Waals surface area contributed by atoms with Crippen LogP contribution in [0, 0.1) is 5.82 Å². The van der Waals surface area contributed by atoms with Gasteiger partial charge in [0.05, 0.1) is 24.3 Å². The Morgan fingerprint density at radius 1 is 1.10 bits per heavy atom. The second-order valence-electron chi connectivity index (χ2n) is 6.64. The standard InChI is InChI=1S/C23H17FN2O4/c1-30-18-10-3-2-9-17(18)21(27)19-20(14-6-5-11-25-13-14)26(23(29)22(19)28)16-8-4-7-15(24)12-16/h2-13,20,27H,1H3/b21-19+. The van der Waals surface area contributed by atoms with Crippen LogP contribution in [0.2, 0.25) is 0 Å². The zero-order valence-electron chi connectivity index (χ0n) is 15.9. The zero-order chi connectivity index (χ0) is 21.3. The molecule has 1 aliphatic rings. The Morgan fingerprint density at radius 2 is 1.90 bits per heavy atom. The number of rotatable bonds is 4. The fourth-order valence-electron chi connectivity index (χ4n) is 3.56. The fraction of sp³-hybridized carbons (Fsp3) is 0.0870. The molecule has 30 heavy (non-hydrogen) atoms. The van der Waals surface area contributed by atoms with Gasteiger partial charge in [0, 0.05) is 18.1 Å². The van der Waals surface area contributed by atoms with Crippen LogP contribution in [-0.4, -0.2) is 28.9 Å². The molecule has 1 atom stereocenters. The number of benzene rings is 2. The number of amides is 1. The topological polar surface area (TPSA) is 79.7 Å². The first-order valence-corrected chi connectivity index (χ1v) is 9.13. The third-order valence-electron chi connectivity index (χ3n) is 4.89. The van der Waals surface area contributed by atoms with Crippen molar-refractivity contribution in [1.29, 1.82) is 0 Å². The summed E-state index contributed by atoms with van der Waals surface area (Å²) in [5.41, 5.74) is 0.843. The minimum atomic E-state index is -0.981. The molecule has 1 saturated heterocycles. The van der Waals surface area contributed by atoms with Gasteiger partial charge < -0.3 is 9.84 Å². The predicted molar refractivity (Wildman–Crippen MR) is 108 cm³/mol. The summed E-state index contributed by atoms with van der Waals surface area (Å²) in [6, 6.07) is 14.4. The van der Waals surface area contributed by atoms with E-state index in [2.05, 4.69) is 4.98 Å². The molecule has 1 amide bonds. The Balaban J connectivity index is 1.97. The summed E-state index contributed by atoms with van der Waals surface area (Å²) < 4.78 is 19.2. The lowest BCUT2D eigenvalue weighted by Crippen LogP contribution is -2.29. The van der Waals surface area contributed by atoms with Crippen molar-refractivity contribution in [2.45, 2.75) is 6.04 Å². The molecule has 1 aromatic heterocycles. The van der Waals surface area contributed by atoms with Crippen LogP contribution in [0.5, 0.6) is 5.75 Å². The molecule has 2 aromatic carbocycles. The number of hydrogen-bond donors (Lipinski definition) is 1. The molecule has 1 fully saturated rings. The molecule has 1 aliphatic heterocycles. The highest BCUT2D eigenvalue weighted by molar-refractivity contribution is 6.51. The summed E-state index contributed by atoms with van der Waals surface area (Å²) in [5, 5.41) is 11.1. The second kappa shape index (κ2) is 7.79. The van der Waals surface area contributed by atoms with Gasteiger partial charge in [0.25, 0.3) is 11.7 Å². The Bertz CT molecular complexity index is 1160. The average Bonchev–Trinajstić information content (AvgIpc) is 3.04. The van der Waals surface area contributed by atoms with Crippen LogP contribution in [0.1, 0.15) is 17.2 Å². The van der Waals surface area contributed by atoms with E-state index < -0.39 is 23.5 Å². The van der Waals surface area contributed by atoms with Gasteiger partial charge in [0.2, 0.25) is 0 Å². The molecule has 0 aliphatic carbocycles. The van der Waals surface area contributed by atoms with E-state index in [1.165, 1.54) is 36.4 Å². The summed E-state index contributed by atoms with van der Waals surface area (Å²) in [4.78, 5) is 31.2. The lowest BCUT2D eigenvalue weighted by Gasteiger charge is -2.25. The van der Waals surface area contributed by atoms with Crippen molar-refractivity contribution in [2.24, 2.45) is 0 Å². The Kier molecular flexibility index (Phi) is 5.02. The maximum atomic E-state index is 13.9. The van der Waals surface area contributed by atoms with Crippen molar-refractivity contribution in [1.82, 2.24) is 4.98 Å². The number of halogens is 1. The lowest BCUT2D eigenvalue weighted by atomic mass is 9.96. The Hall–Kier alpha value is -4.00. The van der Waals surface area contributed by atoms with Crippen LogP contribution in [0.4, 0.5) is 10.1 Å². The third-order valence-corrected chi connectivity index (χ3v) is 4.89. The summed E-state index contributed by atoms with van der Waals surface area (Å²) in [7, 11) is 1.44. The van der Waals surface area contributed by atoms with Crippen molar-refractivity contribution in [2.75, 3.05) is 12.0 Å². The first kappa shape index (κ1) is 19.3. The van der Waals surface area contributed by atoms with Crippen molar-refractivity contribution >= 4 is 23.1 Å². The molecule has 1 N–H and O–H groups in total. The first-order valence-electron chi connectivity index (χ1n) is 9.13. The molecule has 0 saturated carbocycles. The number of aromatic nitrogens is 1. The minimum Gasteiger partial charge on any atom is -0.507 e. The van der Waals surface area contributed by atoms with Gasteiger partial charge in [-0.15, -0.1) is 0 Å². The summed E-state index contributed by atoms with van der Waals surface area (Å²) in [6.45, 7) is 0. The van der Waals surface area contributed by atoms with Gasteiger partial charge in [0.15, 0.2) is 0 Å². The molecule has 7 heteroatoms. The lowest BCUT2D eigenvalue weighted by molar-refractivity contribution is -0.132. The Labute approximate surface area is 171 Å². The minimum absolute atomic E-state index is 0.123. The van der Waals surface area contributed by atoms with E-state index in [-0.39, 0.29) is 22.6 Å². The number of hydrogen-bond acceptors (Lipinski definition) is 5. The van der Waals surface area contributed by atoms with Crippen LogP contribution in [0.3, 0.4) is 0 Å². The number of Topliss-reactive ketones (excluding diaryl/α,β-unsaturated/α-hetero) is 1. The number of nitrogens with zero attached hydrogens (tertiary/aromatic N) is 2. The summed E-state index contributed by atoms with van der Waals surface area (Å²) >= 11 is 0. The summed E-state index contributed by atoms with van der Waals surface area (Å²) in [6.07, 6.45) is 3.05. The van der Waals surface area contributed by atoms with Crippen molar-refractivity contribution < 1.29 is 23.8 Å².